The molecular formula is C8H8Br2N2O3. The molecule has 0 aromatic carbocycles. The summed E-state index contributed by atoms with van der Waals surface area (Å²) >= 11 is 6.36. The number of fused-ring (bicyclic) bond motifs is 2. The maximum absolute atomic E-state index is 11.0. The summed E-state index contributed by atoms with van der Waals surface area (Å²) in [6, 6.07) is 1.99. The topological polar surface area (TPSA) is 87.2 Å². The Balaban J connectivity index is 2.43. The molecule has 2 rings (SSSR count). The second-order valence-corrected chi connectivity index (χ2v) is 6.36. The molecule has 0 saturated heterocycles. The molecule has 2 aliphatic carbocycles. The molecule has 2 saturated carbocycles. The van der Waals surface area contributed by atoms with Gasteiger partial charge in [0.2, 0.25) is 0 Å². The van der Waals surface area contributed by atoms with Crippen molar-refractivity contribution in [2.24, 2.45) is 17.8 Å². The van der Waals surface area contributed by atoms with Crippen LogP contribution < -0.4 is 0 Å². The monoisotopic (exact) mass is 338 g/mol. The molecule has 0 radical (unpaired) electrons. The number of alkyl halides is 2. The highest BCUT2D eigenvalue weighted by Crippen LogP contribution is 2.60. The van der Waals surface area contributed by atoms with Crippen LogP contribution in [0.5, 0.6) is 0 Å². The van der Waals surface area contributed by atoms with Gasteiger partial charge in [-0.25, -0.2) is 0 Å². The van der Waals surface area contributed by atoms with Gasteiger partial charge in [0.05, 0.1) is 18.1 Å². The first kappa shape index (κ1) is 11.3. The van der Waals surface area contributed by atoms with Crippen molar-refractivity contribution in [2.45, 2.75) is 21.8 Å². The predicted octanol–water partition coefficient (Wildman–Crippen LogP) is 1.27. The second-order valence-electron chi connectivity index (χ2n) is 4.03. The first-order valence-electron chi connectivity index (χ1n) is 4.49. The van der Waals surface area contributed by atoms with E-state index in [4.69, 9.17) is 5.26 Å². The van der Waals surface area contributed by atoms with Gasteiger partial charge in [0.1, 0.15) is 5.92 Å². The van der Waals surface area contributed by atoms with Crippen molar-refractivity contribution in [3.8, 4) is 6.07 Å². The third-order valence-electron chi connectivity index (χ3n) is 3.48. The van der Waals surface area contributed by atoms with Crippen LogP contribution >= 0.6 is 31.9 Å². The van der Waals surface area contributed by atoms with Gasteiger partial charge in [0, 0.05) is 25.7 Å². The highest BCUT2D eigenvalue weighted by atomic mass is 79.9. The molecule has 0 unspecified atom stereocenters. The van der Waals surface area contributed by atoms with Crippen molar-refractivity contribution in [3.05, 3.63) is 10.1 Å². The third-order valence-corrected chi connectivity index (χ3v) is 6.07. The largest absolute Gasteiger partial charge is 0.391 e. The Hall–Kier alpha value is -0.190. The Kier molecular flexibility index (Phi) is 2.56. The van der Waals surface area contributed by atoms with Crippen molar-refractivity contribution < 1.29 is 10.0 Å². The van der Waals surface area contributed by atoms with Gasteiger partial charge in [-0.1, -0.05) is 15.9 Å². The lowest BCUT2D eigenvalue weighted by Crippen LogP contribution is -2.52. The maximum Gasteiger partial charge on any atom is 0.295 e. The Morgan fingerprint density at radius 3 is 2.73 bits per heavy atom. The Labute approximate surface area is 103 Å². The SMILES string of the molecule is N#C[C@@H]1[C@@H]2C[C@@H]([C@H](O)[C@H]2Br)[C@@]1(Br)[N+](=O)[O-]. The summed E-state index contributed by atoms with van der Waals surface area (Å²) in [5.41, 5.74) is 0. The van der Waals surface area contributed by atoms with Crippen LogP contribution in [0.3, 0.4) is 0 Å². The van der Waals surface area contributed by atoms with Crippen molar-refractivity contribution in [3.63, 3.8) is 0 Å². The van der Waals surface area contributed by atoms with Crippen LogP contribution in [0.25, 0.3) is 0 Å². The molecule has 7 heteroatoms. The van der Waals surface area contributed by atoms with Crippen molar-refractivity contribution in [2.75, 3.05) is 0 Å². The minimum absolute atomic E-state index is 0.153. The van der Waals surface area contributed by atoms with Gasteiger partial charge in [-0.15, -0.1) is 0 Å². The molecule has 82 valence electrons. The smallest absolute Gasteiger partial charge is 0.295 e. The third kappa shape index (κ3) is 1.22. The molecule has 0 aliphatic heterocycles. The number of aliphatic hydroxyl groups excluding tert-OH is 1. The number of halogens is 2. The number of nitriles is 1. The summed E-state index contributed by atoms with van der Waals surface area (Å²) < 4.78 is -1.48. The summed E-state index contributed by atoms with van der Waals surface area (Å²) in [5.74, 6) is -1.34. The summed E-state index contributed by atoms with van der Waals surface area (Å²) in [7, 11) is 0. The average molecular weight is 340 g/mol. The summed E-state index contributed by atoms with van der Waals surface area (Å²) in [4.78, 5) is 10.3. The normalized spacial score (nSPS) is 52.8. The molecular weight excluding hydrogens is 332 g/mol. The number of hydrogen-bond donors (Lipinski definition) is 1. The van der Waals surface area contributed by atoms with E-state index in [2.05, 4.69) is 31.9 Å². The summed E-state index contributed by atoms with van der Waals surface area (Å²) in [6.45, 7) is 0. The van der Waals surface area contributed by atoms with Crippen LogP contribution in [0.1, 0.15) is 6.42 Å². The van der Waals surface area contributed by atoms with Crippen molar-refractivity contribution in [1.82, 2.24) is 0 Å². The van der Waals surface area contributed by atoms with Gasteiger partial charge >= 0.3 is 0 Å². The lowest BCUT2D eigenvalue weighted by atomic mass is 9.84. The molecule has 2 aliphatic rings. The summed E-state index contributed by atoms with van der Waals surface area (Å²) in [6.07, 6.45) is -0.244. The van der Waals surface area contributed by atoms with Gasteiger partial charge in [-0.2, -0.15) is 5.26 Å². The Bertz CT molecular complexity index is 358. The zero-order valence-corrected chi connectivity index (χ0v) is 10.7. The molecule has 0 amide bonds. The van der Waals surface area contributed by atoms with Crippen molar-refractivity contribution >= 4 is 31.9 Å². The van der Waals surface area contributed by atoms with E-state index in [-0.39, 0.29) is 10.7 Å². The number of hydrogen-bond acceptors (Lipinski definition) is 4. The van der Waals surface area contributed by atoms with Crippen LogP contribution in [0.15, 0.2) is 0 Å². The second kappa shape index (κ2) is 3.40. The van der Waals surface area contributed by atoms with E-state index in [1.807, 2.05) is 6.07 Å². The molecule has 0 heterocycles. The molecule has 0 aromatic heterocycles. The van der Waals surface area contributed by atoms with Crippen LogP contribution in [-0.2, 0) is 0 Å². The quantitative estimate of drug-likeness (QED) is 0.337. The zero-order chi connectivity index (χ0) is 11.4. The van der Waals surface area contributed by atoms with Gasteiger partial charge in [-0.05, 0) is 12.3 Å². The first-order chi connectivity index (χ1) is 6.94. The minimum Gasteiger partial charge on any atom is -0.391 e. The molecule has 1 N–H and O–H groups in total. The molecule has 6 atom stereocenters. The van der Waals surface area contributed by atoms with Crippen molar-refractivity contribution in [1.29, 1.82) is 5.26 Å². The molecule has 2 bridgehead atoms. The van der Waals surface area contributed by atoms with Gasteiger partial charge in [0.25, 0.3) is 4.45 Å². The van der Waals surface area contributed by atoms with Gasteiger partial charge in [-0.3, -0.25) is 10.1 Å². The molecule has 5 nitrogen and oxygen atoms in total. The van der Waals surface area contributed by atoms with E-state index in [0.717, 1.165) is 0 Å². The van der Waals surface area contributed by atoms with E-state index in [9.17, 15) is 15.2 Å². The van der Waals surface area contributed by atoms with Crippen LogP contribution in [-0.4, -0.2) is 25.4 Å². The summed E-state index contributed by atoms with van der Waals surface area (Å²) in [5, 5.41) is 29.8. The van der Waals surface area contributed by atoms with E-state index >= 15 is 0 Å². The van der Waals surface area contributed by atoms with Crippen LogP contribution in [0, 0.1) is 39.2 Å². The maximum atomic E-state index is 11.0. The van der Waals surface area contributed by atoms with E-state index < -0.39 is 27.3 Å². The highest BCUT2D eigenvalue weighted by molar-refractivity contribution is 9.10. The number of aliphatic hydroxyl groups is 1. The fourth-order valence-electron chi connectivity index (χ4n) is 2.73. The number of nitrogens with zero attached hydrogens (tertiary/aromatic N) is 2. The lowest BCUT2D eigenvalue weighted by molar-refractivity contribution is -0.552. The fraction of sp³-hybridized carbons (Fsp3) is 0.875. The van der Waals surface area contributed by atoms with Gasteiger partial charge < -0.3 is 5.11 Å². The Morgan fingerprint density at radius 2 is 2.27 bits per heavy atom. The number of nitro groups is 1. The van der Waals surface area contributed by atoms with Crippen LogP contribution in [0.4, 0.5) is 0 Å². The van der Waals surface area contributed by atoms with E-state index in [1.54, 1.807) is 0 Å². The van der Waals surface area contributed by atoms with Crippen LogP contribution in [0.2, 0.25) is 0 Å². The number of rotatable bonds is 1. The first-order valence-corrected chi connectivity index (χ1v) is 6.20. The molecule has 2 fully saturated rings. The van der Waals surface area contributed by atoms with Gasteiger partial charge in [0.15, 0.2) is 0 Å². The van der Waals surface area contributed by atoms with E-state index in [1.165, 1.54) is 0 Å². The van der Waals surface area contributed by atoms with E-state index in [0.29, 0.717) is 6.42 Å². The fourth-order valence-corrected chi connectivity index (χ4v) is 4.52. The minimum atomic E-state index is -1.48. The standard InChI is InChI=1S/C8H8Br2N2O3/c9-6-3-1-4(7(6)13)8(10,12(14)15)5(3)2-11/h3-7,13H,1H2/t3-,4-,5+,6-,7-,8+/m0/s1. The molecule has 0 spiro atoms. The molecule has 15 heavy (non-hydrogen) atoms. The zero-order valence-electron chi connectivity index (χ0n) is 7.51. The predicted molar refractivity (Wildman–Crippen MR) is 58.1 cm³/mol. The Morgan fingerprint density at radius 1 is 1.67 bits per heavy atom. The molecule has 0 aromatic rings. The highest BCUT2D eigenvalue weighted by Gasteiger charge is 2.72. The lowest BCUT2D eigenvalue weighted by Gasteiger charge is -2.33. The average Bonchev–Trinajstić information content (AvgIpc) is 2.63.